The van der Waals surface area contributed by atoms with Crippen LogP contribution in [-0.4, -0.2) is 11.8 Å². The number of carbonyl (C=O) groups is 2. The average Bonchev–Trinajstić information content (AvgIpc) is 2.70. The number of para-hydroxylation sites is 2. The Morgan fingerprint density at radius 2 is 1.33 bits per heavy atom. The lowest BCUT2D eigenvalue weighted by Gasteiger charge is -2.27. The molecule has 1 aliphatic rings. The summed E-state index contributed by atoms with van der Waals surface area (Å²) in [5.41, 5.74) is 6.70. The molecule has 6 heteroatoms. The predicted octanol–water partition coefficient (Wildman–Crippen LogP) is 4.04. The van der Waals surface area contributed by atoms with E-state index in [0.29, 0.717) is 16.5 Å². The molecule has 5 nitrogen and oxygen atoms in total. The summed E-state index contributed by atoms with van der Waals surface area (Å²) < 4.78 is 5.88. The molecule has 0 bridgehead atoms. The van der Waals surface area contributed by atoms with Crippen LogP contribution in [0.3, 0.4) is 0 Å². The number of hydrogen-bond donors (Lipinski definition) is 2. The molecule has 0 saturated carbocycles. The van der Waals surface area contributed by atoms with Crippen molar-refractivity contribution in [1.29, 1.82) is 0 Å². The third kappa shape index (κ3) is 3.25. The maximum atomic E-state index is 12.9. The van der Waals surface area contributed by atoms with E-state index < -0.39 is 11.8 Å². The van der Waals surface area contributed by atoms with Crippen LogP contribution >= 0.6 is 11.6 Å². The second-order valence-corrected chi connectivity index (χ2v) is 6.44. The van der Waals surface area contributed by atoms with Gasteiger partial charge in [0, 0.05) is 11.1 Å². The fourth-order valence-corrected chi connectivity index (χ4v) is 3.32. The van der Waals surface area contributed by atoms with Gasteiger partial charge in [-0.3, -0.25) is 20.4 Å². The van der Waals surface area contributed by atoms with E-state index in [9.17, 15) is 9.59 Å². The first-order chi connectivity index (χ1) is 13.1. The zero-order chi connectivity index (χ0) is 18.8. The highest BCUT2D eigenvalue weighted by atomic mass is 35.5. The molecule has 0 fully saturated rings. The number of hydrazine groups is 1. The van der Waals surface area contributed by atoms with Crippen LogP contribution in [0.15, 0.2) is 72.8 Å². The van der Waals surface area contributed by atoms with Crippen LogP contribution in [0.2, 0.25) is 5.02 Å². The molecule has 2 N–H and O–H groups in total. The number of halogens is 1. The summed E-state index contributed by atoms with van der Waals surface area (Å²) >= 11 is 6.03. The Balaban J connectivity index is 1.59. The molecule has 0 saturated heterocycles. The number of rotatable bonds is 2. The lowest BCUT2D eigenvalue weighted by atomic mass is 9.87. The van der Waals surface area contributed by atoms with Gasteiger partial charge in [-0.25, -0.2) is 0 Å². The Morgan fingerprint density at radius 1 is 0.778 bits per heavy atom. The normalized spacial score (nSPS) is 12.3. The van der Waals surface area contributed by atoms with Crippen LogP contribution in [0.5, 0.6) is 11.5 Å². The molecule has 0 aromatic heterocycles. The summed E-state index contributed by atoms with van der Waals surface area (Å²) in [6, 6.07) is 21.3. The zero-order valence-corrected chi connectivity index (χ0v) is 14.9. The van der Waals surface area contributed by atoms with Gasteiger partial charge < -0.3 is 4.74 Å². The molecule has 3 aromatic rings. The number of fused-ring (bicyclic) bond motifs is 2. The van der Waals surface area contributed by atoms with Crippen molar-refractivity contribution in [1.82, 2.24) is 10.9 Å². The Bertz CT molecular complexity index is 990. The lowest BCUT2D eigenvalue weighted by molar-refractivity contribution is -0.122. The van der Waals surface area contributed by atoms with E-state index >= 15 is 0 Å². The summed E-state index contributed by atoms with van der Waals surface area (Å²) in [5.74, 6) is -0.207. The van der Waals surface area contributed by atoms with Gasteiger partial charge in [-0.05, 0) is 24.3 Å². The van der Waals surface area contributed by atoms with Crippen LogP contribution in [0.25, 0.3) is 0 Å². The van der Waals surface area contributed by atoms with Crippen molar-refractivity contribution in [2.75, 3.05) is 0 Å². The average molecular weight is 379 g/mol. The molecule has 0 unspecified atom stereocenters. The number of amides is 2. The van der Waals surface area contributed by atoms with Gasteiger partial charge in [0.05, 0.1) is 16.5 Å². The maximum absolute atomic E-state index is 12.9. The Morgan fingerprint density at radius 3 is 1.96 bits per heavy atom. The van der Waals surface area contributed by atoms with Crippen molar-refractivity contribution < 1.29 is 14.3 Å². The molecular weight excluding hydrogens is 364 g/mol. The number of nitrogens with one attached hydrogen (secondary N) is 2. The van der Waals surface area contributed by atoms with E-state index in [4.69, 9.17) is 16.3 Å². The van der Waals surface area contributed by atoms with E-state index in [0.717, 1.165) is 11.1 Å². The van der Waals surface area contributed by atoms with Gasteiger partial charge in [0.1, 0.15) is 11.5 Å². The molecule has 0 aliphatic carbocycles. The Hall–Kier alpha value is -3.31. The minimum Gasteiger partial charge on any atom is -0.457 e. The molecule has 3 aromatic carbocycles. The minimum absolute atomic E-state index is 0.284. The van der Waals surface area contributed by atoms with E-state index in [1.54, 1.807) is 24.3 Å². The lowest BCUT2D eigenvalue weighted by Crippen LogP contribution is -2.44. The molecule has 0 atom stereocenters. The Kier molecular flexibility index (Phi) is 4.52. The highest BCUT2D eigenvalue weighted by Crippen LogP contribution is 2.43. The van der Waals surface area contributed by atoms with Crippen molar-refractivity contribution in [3.05, 3.63) is 94.5 Å². The van der Waals surface area contributed by atoms with Crippen molar-refractivity contribution >= 4 is 23.4 Å². The third-order valence-electron chi connectivity index (χ3n) is 4.36. The van der Waals surface area contributed by atoms with Crippen molar-refractivity contribution in [3.8, 4) is 11.5 Å². The van der Waals surface area contributed by atoms with Gasteiger partial charge in [0.15, 0.2) is 0 Å². The molecule has 27 heavy (non-hydrogen) atoms. The monoisotopic (exact) mass is 378 g/mol. The zero-order valence-electron chi connectivity index (χ0n) is 14.1. The van der Waals surface area contributed by atoms with Gasteiger partial charge in [0.25, 0.3) is 11.8 Å². The first-order valence-corrected chi connectivity index (χ1v) is 8.73. The molecule has 1 heterocycles. The predicted molar refractivity (Wildman–Crippen MR) is 102 cm³/mol. The van der Waals surface area contributed by atoms with Crippen LogP contribution < -0.4 is 15.6 Å². The topological polar surface area (TPSA) is 67.4 Å². The van der Waals surface area contributed by atoms with Gasteiger partial charge >= 0.3 is 0 Å². The molecule has 2 amide bonds. The van der Waals surface area contributed by atoms with Crippen LogP contribution in [0.4, 0.5) is 0 Å². The molecule has 1 aliphatic heterocycles. The second-order valence-electron chi connectivity index (χ2n) is 6.03. The summed E-state index contributed by atoms with van der Waals surface area (Å²) in [7, 11) is 0. The quantitative estimate of drug-likeness (QED) is 0.661. The molecule has 4 rings (SSSR count). The van der Waals surface area contributed by atoms with Crippen LogP contribution in [-0.2, 0) is 4.79 Å². The van der Waals surface area contributed by atoms with Crippen LogP contribution in [0, 0.1) is 0 Å². The molecule has 0 spiro atoms. The summed E-state index contributed by atoms with van der Waals surface area (Å²) in [4.78, 5) is 25.2. The van der Waals surface area contributed by atoms with Gasteiger partial charge in [-0.2, -0.15) is 0 Å². The number of ether oxygens (including phenoxy) is 1. The maximum Gasteiger partial charge on any atom is 0.271 e. The van der Waals surface area contributed by atoms with Gasteiger partial charge in [-0.1, -0.05) is 60.1 Å². The standard InChI is InChI=1S/C21H15ClN2O3/c22-16-10-4-1-7-13(16)20(25)23-24-21(26)19-14-8-2-5-11-17(14)27-18-12-6-3-9-15(18)19/h1-12,19H,(H,23,25)(H,24,26). The van der Waals surface area contributed by atoms with E-state index in [-0.39, 0.29) is 11.5 Å². The molecule has 0 radical (unpaired) electrons. The number of carbonyl (C=O) groups excluding carboxylic acids is 2. The largest absolute Gasteiger partial charge is 0.457 e. The van der Waals surface area contributed by atoms with Gasteiger partial charge in [0.2, 0.25) is 0 Å². The Labute approximate surface area is 160 Å². The third-order valence-corrected chi connectivity index (χ3v) is 4.69. The van der Waals surface area contributed by atoms with Crippen molar-refractivity contribution in [2.45, 2.75) is 5.92 Å². The van der Waals surface area contributed by atoms with Crippen molar-refractivity contribution in [3.63, 3.8) is 0 Å². The minimum atomic E-state index is -0.599. The summed E-state index contributed by atoms with van der Waals surface area (Å²) in [6.07, 6.45) is 0. The highest BCUT2D eigenvalue weighted by molar-refractivity contribution is 6.33. The highest BCUT2D eigenvalue weighted by Gasteiger charge is 2.32. The molecule has 134 valence electrons. The van der Waals surface area contributed by atoms with Crippen LogP contribution in [0.1, 0.15) is 27.4 Å². The van der Waals surface area contributed by atoms with E-state index in [1.807, 2.05) is 48.5 Å². The SMILES string of the molecule is O=C(NNC(=O)C1c2ccccc2Oc2ccccc21)c1ccccc1Cl. The first-order valence-electron chi connectivity index (χ1n) is 8.35. The summed E-state index contributed by atoms with van der Waals surface area (Å²) in [6.45, 7) is 0. The fraction of sp³-hybridized carbons (Fsp3) is 0.0476. The molecular formula is C21H15ClN2O3. The smallest absolute Gasteiger partial charge is 0.271 e. The first kappa shape index (κ1) is 17.1. The van der Waals surface area contributed by atoms with Crippen molar-refractivity contribution in [2.24, 2.45) is 0 Å². The fourth-order valence-electron chi connectivity index (χ4n) is 3.10. The van der Waals surface area contributed by atoms with Gasteiger partial charge in [-0.15, -0.1) is 0 Å². The van der Waals surface area contributed by atoms with E-state index in [1.165, 1.54) is 0 Å². The van der Waals surface area contributed by atoms with E-state index in [2.05, 4.69) is 10.9 Å². The number of benzene rings is 3. The summed E-state index contributed by atoms with van der Waals surface area (Å²) in [5, 5.41) is 0.311. The second kappa shape index (κ2) is 7.13. The number of hydrogen-bond acceptors (Lipinski definition) is 3.